The monoisotopic (exact) mass is 1020 g/mol. The Labute approximate surface area is 429 Å². The van der Waals surface area contributed by atoms with Crippen molar-refractivity contribution in [2.24, 2.45) is 11.8 Å². The molecule has 18 heteroatoms. The molecule has 2 unspecified atom stereocenters. The summed E-state index contributed by atoms with van der Waals surface area (Å²) in [6.07, 6.45) is 4.79. The van der Waals surface area contributed by atoms with E-state index in [9.17, 15) is 33.6 Å². The van der Waals surface area contributed by atoms with Crippen molar-refractivity contribution in [2.45, 2.75) is 96.9 Å². The first-order chi connectivity index (χ1) is 35.8. The van der Waals surface area contributed by atoms with Crippen LogP contribution in [-0.4, -0.2) is 85.0 Å². The number of nitrogens with one attached hydrogen (secondary N) is 3. The lowest BCUT2D eigenvalue weighted by Crippen LogP contribution is -2.51. The summed E-state index contributed by atoms with van der Waals surface area (Å²) >= 11 is 0. The van der Waals surface area contributed by atoms with E-state index in [4.69, 9.17) is 23.5 Å². The molecular weight excluding hydrogens is 954 g/mol. The minimum atomic E-state index is -1.41. The number of benzene rings is 4. The fraction of sp³-hybridized carbons (Fsp3) is 0.375. The zero-order valence-corrected chi connectivity index (χ0v) is 41.8. The van der Waals surface area contributed by atoms with E-state index in [1.807, 2.05) is 30.9 Å². The predicted octanol–water partition coefficient (Wildman–Crippen LogP) is 8.07. The van der Waals surface area contributed by atoms with E-state index in [0.29, 0.717) is 55.6 Å². The second-order valence-corrected chi connectivity index (χ2v) is 18.3. The lowest BCUT2D eigenvalue weighted by Gasteiger charge is -2.34. The molecular formula is C56H62FN5O12. The van der Waals surface area contributed by atoms with Gasteiger partial charge in [0.25, 0.3) is 11.8 Å². The van der Waals surface area contributed by atoms with Gasteiger partial charge in [-0.15, -0.1) is 0 Å². The van der Waals surface area contributed by atoms with Gasteiger partial charge in [0, 0.05) is 18.7 Å². The molecule has 2 heterocycles. The number of amides is 4. The summed E-state index contributed by atoms with van der Waals surface area (Å²) in [5.74, 6) is -5.75. The third kappa shape index (κ3) is 13.5. The summed E-state index contributed by atoms with van der Waals surface area (Å²) in [5, 5.41) is 8.91. The second kappa shape index (κ2) is 25.6. The summed E-state index contributed by atoms with van der Waals surface area (Å²) in [6.45, 7) is 6.74. The van der Waals surface area contributed by atoms with Crippen molar-refractivity contribution in [3.05, 3.63) is 143 Å². The fourth-order valence-corrected chi connectivity index (χ4v) is 9.18. The second-order valence-electron chi connectivity index (χ2n) is 18.3. The van der Waals surface area contributed by atoms with Gasteiger partial charge in [-0.1, -0.05) is 99.8 Å². The largest absolute Gasteiger partial charge is 0.493 e. The highest BCUT2D eigenvalue weighted by Gasteiger charge is 2.64. The van der Waals surface area contributed by atoms with Crippen molar-refractivity contribution in [2.75, 3.05) is 31.3 Å². The van der Waals surface area contributed by atoms with Crippen LogP contribution in [0.1, 0.15) is 115 Å². The summed E-state index contributed by atoms with van der Waals surface area (Å²) in [6, 6.07) is 28.1. The highest BCUT2D eigenvalue weighted by Crippen LogP contribution is 2.55. The Bertz CT molecular complexity index is 2770. The standard InChI is InChI=1S/C56H62FN5O12/c1-4-6-9-20-43(56(32-37(56)3)62(36-63)74-54(68)41-22-24-46(44(57)29-41)61-27-14-15-28-61)52(66)58-35-59-53(67)48-26-25-47(73-48)40-21-23-42(49(30-40)70-5-2)51(65)60-45(55(69)72-34-39-18-12-8-13-19-39)31-50(64)71-33-38-16-10-7-11-17-38/h7-8,10-13,16-19,21-26,29-30,36-37,43,45H,4-6,9,14-15,20,27-28,31-35H2,1-3H3,(H,58,66)(H,59,67)(H,60,65)/t37?,43-,45-,56?/m0/s1. The predicted molar refractivity (Wildman–Crippen MR) is 269 cm³/mol. The summed E-state index contributed by atoms with van der Waals surface area (Å²) < 4.78 is 37.8. The van der Waals surface area contributed by atoms with Crippen molar-refractivity contribution in [3.8, 4) is 17.1 Å². The number of unbranched alkanes of at least 4 members (excludes halogenated alkanes) is 2. The van der Waals surface area contributed by atoms with Gasteiger partial charge in [0.05, 0.1) is 48.0 Å². The maximum absolute atomic E-state index is 15.2. The number of carbonyl (C=O) groups excluding carboxylic acids is 7. The van der Waals surface area contributed by atoms with E-state index in [-0.39, 0.29) is 60.8 Å². The van der Waals surface area contributed by atoms with Crippen LogP contribution in [0.2, 0.25) is 0 Å². The SMILES string of the molecule is CCCCC[C@@H](C(=O)NCNC(=O)c1ccc(-c2ccc(C(=O)N[C@@H](CC(=O)OCc3ccccc3)C(=O)OCc3ccccc3)c(OCC)c2)o1)C1(N(C=O)OC(=O)c2ccc(N3CCCC3)c(F)c2)CC1C. The molecule has 74 heavy (non-hydrogen) atoms. The molecule has 1 aromatic heterocycles. The number of hydrogen-bond acceptors (Lipinski definition) is 13. The molecule has 2 fully saturated rings. The highest BCUT2D eigenvalue weighted by molar-refractivity contribution is 6.00. The molecule has 5 aromatic rings. The number of carbonyl (C=O) groups is 7. The molecule has 4 atom stereocenters. The topological polar surface area (TPSA) is 212 Å². The van der Waals surface area contributed by atoms with Gasteiger partial charge >= 0.3 is 17.9 Å². The van der Waals surface area contributed by atoms with Gasteiger partial charge in [0.2, 0.25) is 12.3 Å². The fourth-order valence-electron chi connectivity index (χ4n) is 9.18. The molecule has 0 radical (unpaired) electrons. The van der Waals surface area contributed by atoms with E-state index in [2.05, 4.69) is 16.0 Å². The maximum atomic E-state index is 15.2. The Hall–Kier alpha value is -8.02. The minimum absolute atomic E-state index is 0.0345. The first kappa shape index (κ1) is 53.8. The number of esters is 2. The number of furan rings is 1. The van der Waals surface area contributed by atoms with Gasteiger partial charge in [0.15, 0.2) is 5.76 Å². The Balaban J connectivity index is 0.980. The minimum Gasteiger partial charge on any atom is -0.493 e. The molecule has 4 amide bonds. The van der Waals surface area contributed by atoms with Crippen molar-refractivity contribution in [1.82, 2.24) is 21.0 Å². The number of ether oxygens (including phenoxy) is 3. The molecule has 7 rings (SSSR count). The number of hydrogen-bond donors (Lipinski definition) is 3. The third-order valence-corrected chi connectivity index (χ3v) is 13.2. The zero-order chi connectivity index (χ0) is 52.6. The van der Waals surface area contributed by atoms with Crippen LogP contribution in [0.15, 0.2) is 114 Å². The molecule has 390 valence electrons. The van der Waals surface area contributed by atoms with Crippen LogP contribution in [0.3, 0.4) is 0 Å². The highest BCUT2D eigenvalue weighted by atomic mass is 19.1. The molecule has 3 N–H and O–H groups in total. The molecule has 4 aromatic carbocycles. The van der Waals surface area contributed by atoms with Crippen LogP contribution in [-0.2, 0) is 46.7 Å². The molecule has 1 aliphatic heterocycles. The molecule has 17 nitrogen and oxygen atoms in total. The van der Waals surface area contributed by atoms with Gasteiger partial charge in [0.1, 0.15) is 36.6 Å². The van der Waals surface area contributed by atoms with Gasteiger partial charge in [-0.25, -0.2) is 14.0 Å². The number of halogens is 1. The molecule has 0 spiro atoms. The van der Waals surface area contributed by atoms with Gasteiger partial charge < -0.3 is 44.3 Å². The smallest absolute Gasteiger partial charge is 0.363 e. The van der Waals surface area contributed by atoms with Gasteiger partial charge in [-0.2, -0.15) is 5.06 Å². The van der Waals surface area contributed by atoms with Crippen LogP contribution in [0.4, 0.5) is 10.1 Å². The van der Waals surface area contributed by atoms with E-state index in [1.165, 1.54) is 30.3 Å². The van der Waals surface area contributed by atoms with Crippen LogP contribution in [0.25, 0.3) is 11.3 Å². The third-order valence-electron chi connectivity index (χ3n) is 13.2. The number of hydroxylamine groups is 2. The normalized spacial score (nSPS) is 16.5. The number of rotatable bonds is 26. The average Bonchev–Trinajstić information content (AvgIpc) is 3.76. The van der Waals surface area contributed by atoms with Crippen molar-refractivity contribution >= 4 is 47.7 Å². The van der Waals surface area contributed by atoms with Gasteiger partial charge in [-0.3, -0.25) is 24.0 Å². The Morgan fingerprint density at radius 1 is 0.838 bits per heavy atom. The van der Waals surface area contributed by atoms with Crippen molar-refractivity contribution < 1.29 is 61.4 Å². The van der Waals surface area contributed by atoms with E-state index >= 15 is 4.39 Å². The Morgan fingerprint density at radius 3 is 2.16 bits per heavy atom. The molecule has 1 saturated carbocycles. The Morgan fingerprint density at radius 2 is 1.53 bits per heavy atom. The molecule has 2 aliphatic rings. The van der Waals surface area contributed by atoms with E-state index in [0.717, 1.165) is 42.4 Å². The van der Waals surface area contributed by atoms with Crippen LogP contribution < -0.4 is 25.6 Å². The first-order valence-electron chi connectivity index (χ1n) is 25.0. The van der Waals surface area contributed by atoms with Crippen LogP contribution in [0.5, 0.6) is 5.75 Å². The quantitative estimate of drug-likeness (QED) is 0.0157. The Kier molecular flexibility index (Phi) is 18.6. The van der Waals surface area contributed by atoms with Crippen molar-refractivity contribution in [3.63, 3.8) is 0 Å². The lowest BCUT2D eigenvalue weighted by atomic mass is 9.88. The van der Waals surface area contributed by atoms with E-state index in [1.54, 1.807) is 67.6 Å². The maximum Gasteiger partial charge on any atom is 0.363 e. The van der Waals surface area contributed by atoms with Crippen LogP contribution in [0, 0.1) is 17.7 Å². The number of nitrogens with zero attached hydrogens (tertiary/aromatic N) is 2. The first-order valence-corrected chi connectivity index (χ1v) is 25.0. The molecule has 1 aliphatic carbocycles. The molecule has 1 saturated heterocycles. The zero-order valence-electron chi connectivity index (χ0n) is 41.8. The van der Waals surface area contributed by atoms with E-state index < -0.39 is 65.4 Å². The van der Waals surface area contributed by atoms with Crippen LogP contribution >= 0.6 is 0 Å². The lowest BCUT2D eigenvalue weighted by molar-refractivity contribution is -0.178. The molecule has 0 bridgehead atoms. The van der Waals surface area contributed by atoms with Gasteiger partial charge in [-0.05, 0) is 92.1 Å². The van der Waals surface area contributed by atoms with Crippen molar-refractivity contribution in [1.29, 1.82) is 0 Å². The summed E-state index contributed by atoms with van der Waals surface area (Å²) in [4.78, 5) is 101. The number of anilines is 1. The summed E-state index contributed by atoms with van der Waals surface area (Å²) in [5.41, 5.74) is 1.06. The summed E-state index contributed by atoms with van der Waals surface area (Å²) in [7, 11) is 0. The average molecular weight is 1020 g/mol.